The first-order valence-corrected chi connectivity index (χ1v) is 17.9. The summed E-state index contributed by atoms with van der Waals surface area (Å²) in [5.74, 6) is 0.557. The van der Waals surface area contributed by atoms with Crippen LogP contribution in [0.2, 0.25) is 0 Å². The number of thiophene rings is 1. The van der Waals surface area contributed by atoms with Gasteiger partial charge < -0.3 is 0 Å². The number of rotatable bonds is 3. The Balaban J connectivity index is 1.38. The molecule has 10 aromatic rings. The van der Waals surface area contributed by atoms with E-state index in [-0.39, 0.29) is 0 Å². The van der Waals surface area contributed by atoms with Gasteiger partial charge in [0.15, 0.2) is 0 Å². The first-order chi connectivity index (χ1) is 25.7. The maximum Gasteiger partial charge on any atom is 0.251 e. The highest BCUT2D eigenvalue weighted by Gasteiger charge is 2.38. The van der Waals surface area contributed by atoms with E-state index in [1.54, 1.807) is 0 Å². The second kappa shape index (κ2) is 11.0. The van der Waals surface area contributed by atoms with Gasteiger partial charge in [0.2, 0.25) is 0 Å². The lowest BCUT2D eigenvalue weighted by molar-refractivity contribution is 0.933. The summed E-state index contributed by atoms with van der Waals surface area (Å²) in [6.07, 6.45) is 0. The zero-order valence-corrected chi connectivity index (χ0v) is 28.1. The Hall–Kier alpha value is -6.56. The Morgan fingerprint density at radius 1 is 0.510 bits per heavy atom. The van der Waals surface area contributed by atoms with Crippen LogP contribution in [0.1, 0.15) is 1.37 Å². The summed E-state index contributed by atoms with van der Waals surface area (Å²) >= 11 is 1.81. The van der Waals surface area contributed by atoms with Crippen molar-refractivity contribution < 1.29 is 1.37 Å². The van der Waals surface area contributed by atoms with Crippen molar-refractivity contribution in [3.05, 3.63) is 170 Å². The van der Waals surface area contributed by atoms with Gasteiger partial charge in [0.1, 0.15) is 0 Å². The van der Waals surface area contributed by atoms with E-state index >= 15 is 0 Å². The van der Waals surface area contributed by atoms with Crippen molar-refractivity contribution in [2.45, 2.75) is 0 Å². The van der Waals surface area contributed by atoms with Gasteiger partial charge in [0.25, 0.3) is 5.95 Å². The fourth-order valence-corrected chi connectivity index (χ4v) is 9.16. The third-order valence-corrected chi connectivity index (χ3v) is 11.2. The Morgan fingerprint density at radius 3 is 1.98 bits per heavy atom. The van der Waals surface area contributed by atoms with Crippen molar-refractivity contribution in [3.63, 3.8) is 0 Å². The van der Waals surface area contributed by atoms with Crippen LogP contribution in [0.3, 0.4) is 0 Å². The number of benzene rings is 8. The van der Waals surface area contributed by atoms with E-state index in [2.05, 4.69) is 137 Å². The van der Waals surface area contributed by atoms with Gasteiger partial charge in [-0.25, -0.2) is 20.0 Å². The number of hydrazine groups is 1. The molecule has 0 aliphatic carbocycles. The predicted octanol–water partition coefficient (Wildman–Crippen LogP) is 12.8. The lowest BCUT2D eigenvalue weighted by Gasteiger charge is -2.43. The van der Waals surface area contributed by atoms with Crippen LogP contribution in [0, 0.1) is 0 Å². The van der Waals surface area contributed by atoms with Crippen LogP contribution in [-0.4, -0.2) is 9.97 Å². The average Bonchev–Trinajstić information content (AvgIpc) is 3.60. The minimum absolute atomic E-state index is 0.468. The molecule has 2 aromatic heterocycles. The zero-order valence-electron chi connectivity index (χ0n) is 28.3. The molecular formula is C46H28N4S. The summed E-state index contributed by atoms with van der Waals surface area (Å²) < 4.78 is 11.7. The van der Waals surface area contributed by atoms with Gasteiger partial charge in [0, 0.05) is 37.5 Å². The third kappa shape index (κ3) is 4.13. The lowest BCUT2D eigenvalue weighted by atomic mass is 9.87. The van der Waals surface area contributed by atoms with Crippen molar-refractivity contribution in [2.24, 2.45) is 0 Å². The number of hydrogen-bond acceptors (Lipinski definition) is 5. The molecule has 11 rings (SSSR count). The van der Waals surface area contributed by atoms with Gasteiger partial charge in [-0.3, -0.25) is 0 Å². The maximum absolute atomic E-state index is 9.36. The molecule has 0 atom stereocenters. The molecule has 5 heteroatoms. The van der Waals surface area contributed by atoms with Crippen molar-refractivity contribution in [2.75, 3.05) is 10.0 Å². The van der Waals surface area contributed by atoms with Crippen LogP contribution < -0.4 is 10.0 Å². The summed E-state index contributed by atoms with van der Waals surface area (Å²) in [5.41, 5.74) is 7.86. The minimum atomic E-state index is 0.468. The summed E-state index contributed by atoms with van der Waals surface area (Å²) in [5, 5.41) is 12.2. The Labute approximate surface area is 299 Å². The van der Waals surface area contributed by atoms with Crippen LogP contribution in [0.5, 0.6) is 0 Å². The molecule has 4 nitrogen and oxygen atoms in total. The lowest BCUT2D eigenvalue weighted by Crippen LogP contribution is -2.40. The molecule has 0 bridgehead atoms. The standard InChI is InChI=1S/C46H28N4S/c1-3-16-30(17-4-1)43-35-23-11-13-25-37(35)47-46(48-43)50-44-42(34-22-10-9-21-33(34)40-36-24-12-14-26-39(36)51-45(40)44)41-32-20-8-7-15-29(32)27-28-38(41)49(50)31-18-5-2-6-19-31/h1-28H/i27D. The molecule has 0 fully saturated rings. The van der Waals surface area contributed by atoms with Crippen molar-refractivity contribution in [3.8, 4) is 22.4 Å². The Kier molecular flexibility index (Phi) is 5.87. The largest absolute Gasteiger partial charge is 0.251 e. The van der Waals surface area contributed by atoms with Gasteiger partial charge in [-0.15, -0.1) is 11.3 Å². The smallest absolute Gasteiger partial charge is 0.246 e. The molecule has 1 aliphatic rings. The zero-order chi connectivity index (χ0) is 34.3. The topological polar surface area (TPSA) is 32.3 Å². The molecular weight excluding hydrogens is 641 g/mol. The molecule has 0 unspecified atom stereocenters. The van der Waals surface area contributed by atoms with E-state index < -0.39 is 0 Å². The predicted molar refractivity (Wildman–Crippen MR) is 215 cm³/mol. The van der Waals surface area contributed by atoms with E-state index in [9.17, 15) is 1.37 Å². The first kappa shape index (κ1) is 27.3. The molecule has 0 spiro atoms. The number of aromatic nitrogens is 2. The molecule has 0 saturated heterocycles. The number of nitrogens with zero attached hydrogens (tertiary/aromatic N) is 4. The molecule has 0 N–H and O–H groups in total. The number of para-hydroxylation sites is 2. The summed E-state index contributed by atoms with van der Waals surface area (Å²) in [4.78, 5) is 10.9. The fraction of sp³-hybridized carbons (Fsp3) is 0. The third-order valence-electron chi connectivity index (χ3n) is 10.0. The van der Waals surface area contributed by atoms with E-state index in [4.69, 9.17) is 9.97 Å². The van der Waals surface area contributed by atoms with Crippen LogP contribution >= 0.6 is 11.3 Å². The minimum Gasteiger partial charge on any atom is -0.246 e. The monoisotopic (exact) mass is 669 g/mol. The van der Waals surface area contributed by atoms with Crippen molar-refractivity contribution >= 4 is 87.0 Å². The SMILES string of the molecule is [2H]c1cc2c(c3ccccc13)-c1c(c3sc4ccccc4c3c3ccccc13)N(c1nc(-c3ccccc3)c3ccccc3n1)N2c1ccccc1. The average molecular weight is 670 g/mol. The van der Waals surface area contributed by atoms with E-state index in [0.717, 1.165) is 66.5 Å². The van der Waals surface area contributed by atoms with Gasteiger partial charge in [-0.1, -0.05) is 140 Å². The van der Waals surface area contributed by atoms with E-state index in [1.807, 2.05) is 47.7 Å². The van der Waals surface area contributed by atoms with Crippen LogP contribution in [0.4, 0.5) is 23.0 Å². The molecule has 0 radical (unpaired) electrons. The Morgan fingerprint density at radius 2 is 1.16 bits per heavy atom. The van der Waals surface area contributed by atoms with Gasteiger partial charge in [-0.05, 0) is 51.9 Å². The van der Waals surface area contributed by atoms with Gasteiger partial charge in [-0.2, -0.15) is 0 Å². The molecule has 1 aliphatic heterocycles. The highest BCUT2D eigenvalue weighted by atomic mass is 32.1. The van der Waals surface area contributed by atoms with Crippen LogP contribution in [0.25, 0.3) is 75.0 Å². The Bertz CT molecular complexity index is 3050. The summed E-state index contributed by atoms with van der Waals surface area (Å²) in [6, 6.07) is 57.4. The first-order valence-electron chi connectivity index (χ1n) is 17.6. The molecule has 8 aromatic carbocycles. The molecule has 238 valence electrons. The number of hydrogen-bond donors (Lipinski definition) is 0. The quantitative estimate of drug-likeness (QED) is 0.187. The fourth-order valence-electron chi connectivity index (χ4n) is 7.90. The van der Waals surface area contributed by atoms with Crippen molar-refractivity contribution in [1.82, 2.24) is 9.97 Å². The second-order valence-corrected chi connectivity index (χ2v) is 13.9. The molecule has 0 saturated carbocycles. The van der Waals surface area contributed by atoms with Crippen LogP contribution in [-0.2, 0) is 0 Å². The molecule has 0 amide bonds. The second-order valence-electron chi connectivity index (χ2n) is 12.9. The van der Waals surface area contributed by atoms with Gasteiger partial charge in [0.05, 0.1) is 34.3 Å². The van der Waals surface area contributed by atoms with Crippen molar-refractivity contribution in [1.29, 1.82) is 0 Å². The van der Waals surface area contributed by atoms with Gasteiger partial charge >= 0.3 is 0 Å². The highest BCUT2D eigenvalue weighted by Crippen LogP contribution is 2.58. The highest BCUT2D eigenvalue weighted by molar-refractivity contribution is 7.26. The molecule has 3 heterocycles. The number of anilines is 4. The summed E-state index contributed by atoms with van der Waals surface area (Å²) in [6.45, 7) is 0. The van der Waals surface area contributed by atoms with E-state index in [1.165, 1.54) is 25.6 Å². The van der Waals surface area contributed by atoms with Crippen LogP contribution in [0.15, 0.2) is 170 Å². The molecule has 51 heavy (non-hydrogen) atoms. The summed E-state index contributed by atoms with van der Waals surface area (Å²) in [7, 11) is 0. The number of fused-ring (bicyclic) bond motifs is 13. The maximum atomic E-state index is 9.36. The van der Waals surface area contributed by atoms with E-state index in [0.29, 0.717) is 12.0 Å². The normalized spacial score (nSPS) is 12.9.